The van der Waals surface area contributed by atoms with Crippen molar-refractivity contribution in [2.24, 2.45) is 12.0 Å². The van der Waals surface area contributed by atoms with Crippen molar-refractivity contribution in [3.63, 3.8) is 0 Å². The first kappa shape index (κ1) is 14.7. The summed E-state index contributed by atoms with van der Waals surface area (Å²) in [5.41, 5.74) is 5.32. The smallest absolute Gasteiger partial charge is 0.279 e. The fourth-order valence-electron chi connectivity index (χ4n) is 2.52. The number of rotatable bonds is 1. The number of nitrogens with zero attached hydrogens (tertiary/aromatic N) is 2. The lowest BCUT2D eigenvalue weighted by Gasteiger charge is -2.01. The molecule has 0 N–H and O–H groups in total. The third-order valence-corrected chi connectivity index (χ3v) is 5.11. The molecule has 3 rings (SSSR count). The van der Waals surface area contributed by atoms with Gasteiger partial charge in [0.2, 0.25) is 0 Å². The minimum absolute atomic E-state index is 0.197. The van der Waals surface area contributed by atoms with Crippen molar-refractivity contribution < 1.29 is 4.79 Å². The first-order chi connectivity index (χ1) is 10.5. The molecule has 0 aliphatic rings. The van der Waals surface area contributed by atoms with Crippen LogP contribution in [0.3, 0.4) is 0 Å². The summed E-state index contributed by atoms with van der Waals surface area (Å²) in [5.74, 6) is -0.197. The Bertz CT molecular complexity index is 930. The Labute approximate surface area is 133 Å². The average Bonchev–Trinajstić information content (AvgIpc) is 2.82. The first-order valence-corrected chi connectivity index (χ1v) is 8.00. The van der Waals surface area contributed by atoms with E-state index in [1.807, 2.05) is 42.8 Å². The standard InChI is InChI=1S/C18H18N2OS/c1-11-5-9-14(10-6-11)17(21)19-18-20(4)15-12(2)7-8-13(3)16(15)22-18/h5-10H,1-4H3. The molecule has 1 heterocycles. The van der Waals surface area contributed by atoms with Crippen molar-refractivity contribution >= 4 is 27.5 Å². The molecule has 3 aromatic rings. The summed E-state index contributed by atoms with van der Waals surface area (Å²) < 4.78 is 3.20. The fraction of sp³-hybridized carbons (Fsp3) is 0.222. The van der Waals surface area contributed by atoms with E-state index in [0.717, 1.165) is 15.9 Å². The Balaban J connectivity index is 2.15. The van der Waals surface area contributed by atoms with Gasteiger partial charge in [-0.2, -0.15) is 4.99 Å². The van der Waals surface area contributed by atoms with Crippen LogP contribution in [-0.2, 0) is 7.05 Å². The highest BCUT2D eigenvalue weighted by molar-refractivity contribution is 7.16. The van der Waals surface area contributed by atoms with E-state index in [9.17, 15) is 4.79 Å². The van der Waals surface area contributed by atoms with Gasteiger partial charge < -0.3 is 4.57 Å². The van der Waals surface area contributed by atoms with E-state index in [1.165, 1.54) is 15.8 Å². The monoisotopic (exact) mass is 310 g/mol. The maximum Gasteiger partial charge on any atom is 0.279 e. The Hall–Kier alpha value is -2.20. The molecule has 0 saturated heterocycles. The van der Waals surface area contributed by atoms with E-state index >= 15 is 0 Å². The lowest BCUT2D eigenvalue weighted by molar-refractivity contribution is 0.0998. The molecule has 0 bridgehead atoms. The van der Waals surface area contributed by atoms with E-state index in [1.54, 1.807) is 11.3 Å². The van der Waals surface area contributed by atoms with Gasteiger partial charge in [0, 0.05) is 12.6 Å². The van der Waals surface area contributed by atoms with Gasteiger partial charge in [-0.15, -0.1) is 0 Å². The minimum Gasteiger partial charge on any atom is -0.319 e. The number of amides is 1. The summed E-state index contributed by atoms with van der Waals surface area (Å²) in [7, 11) is 1.96. The van der Waals surface area contributed by atoms with Crippen molar-refractivity contribution in [1.82, 2.24) is 4.57 Å². The van der Waals surface area contributed by atoms with Gasteiger partial charge in [0.25, 0.3) is 5.91 Å². The van der Waals surface area contributed by atoms with Crippen LogP contribution in [0.5, 0.6) is 0 Å². The zero-order valence-electron chi connectivity index (χ0n) is 13.2. The van der Waals surface area contributed by atoms with Gasteiger partial charge >= 0.3 is 0 Å². The Morgan fingerprint density at radius 1 is 1.00 bits per heavy atom. The van der Waals surface area contributed by atoms with Crippen molar-refractivity contribution in [2.45, 2.75) is 20.8 Å². The van der Waals surface area contributed by atoms with Gasteiger partial charge in [-0.05, 0) is 44.0 Å². The van der Waals surface area contributed by atoms with E-state index < -0.39 is 0 Å². The van der Waals surface area contributed by atoms with Gasteiger partial charge in [-0.25, -0.2) is 0 Å². The maximum atomic E-state index is 12.4. The molecule has 1 amide bonds. The number of thiazole rings is 1. The second-order valence-electron chi connectivity index (χ2n) is 5.60. The Morgan fingerprint density at radius 2 is 1.64 bits per heavy atom. The molecule has 4 heteroatoms. The van der Waals surface area contributed by atoms with Crippen molar-refractivity contribution in [1.29, 1.82) is 0 Å². The van der Waals surface area contributed by atoms with Gasteiger partial charge in [0.15, 0.2) is 4.80 Å². The van der Waals surface area contributed by atoms with E-state index in [4.69, 9.17) is 0 Å². The first-order valence-electron chi connectivity index (χ1n) is 7.19. The lowest BCUT2D eigenvalue weighted by Crippen LogP contribution is -2.13. The van der Waals surface area contributed by atoms with E-state index in [-0.39, 0.29) is 5.91 Å². The van der Waals surface area contributed by atoms with Crippen LogP contribution in [0.1, 0.15) is 27.0 Å². The highest BCUT2D eigenvalue weighted by Gasteiger charge is 2.10. The molecular weight excluding hydrogens is 292 g/mol. The summed E-state index contributed by atoms with van der Waals surface area (Å²) >= 11 is 1.57. The Kier molecular flexibility index (Phi) is 3.71. The SMILES string of the molecule is Cc1ccc(C(=O)N=c2sc3c(C)ccc(C)c3n2C)cc1. The second kappa shape index (κ2) is 5.54. The number of carbonyl (C=O) groups excluding carboxylic acids is 1. The highest BCUT2D eigenvalue weighted by atomic mass is 32.1. The molecule has 0 radical (unpaired) electrons. The van der Waals surface area contributed by atoms with Crippen LogP contribution in [0.4, 0.5) is 0 Å². The molecule has 0 aliphatic heterocycles. The molecule has 2 aromatic carbocycles. The molecule has 0 unspecified atom stereocenters. The predicted octanol–water partition coefficient (Wildman–Crippen LogP) is 3.91. The maximum absolute atomic E-state index is 12.4. The predicted molar refractivity (Wildman–Crippen MR) is 91.3 cm³/mol. The quantitative estimate of drug-likeness (QED) is 0.671. The zero-order chi connectivity index (χ0) is 15.9. The number of hydrogen-bond donors (Lipinski definition) is 0. The molecule has 0 saturated carbocycles. The van der Waals surface area contributed by atoms with Crippen LogP contribution in [0.25, 0.3) is 10.2 Å². The van der Waals surface area contributed by atoms with Crippen molar-refractivity contribution in [3.05, 3.63) is 63.5 Å². The van der Waals surface area contributed by atoms with Crippen molar-refractivity contribution in [3.8, 4) is 0 Å². The third kappa shape index (κ3) is 2.50. The molecular formula is C18H18N2OS. The number of fused-ring (bicyclic) bond motifs is 1. The summed E-state index contributed by atoms with van der Waals surface area (Å²) in [6.45, 7) is 6.17. The van der Waals surface area contributed by atoms with Crippen LogP contribution >= 0.6 is 11.3 Å². The fourth-order valence-corrected chi connectivity index (χ4v) is 3.68. The zero-order valence-corrected chi connectivity index (χ0v) is 14.0. The topological polar surface area (TPSA) is 34.4 Å². The molecule has 3 nitrogen and oxygen atoms in total. The lowest BCUT2D eigenvalue weighted by atomic mass is 10.1. The molecule has 22 heavy (non-hydrogen) atoms. The number of carbonyl (C=O) groups is 1. The van der Waals surface area contributed by atoms with Gasteiger partial charge in [-0.3, -0.25) is 4.79 Å². The molecule has 1 aromatic heterocycles. The molecule has 0 aliphatic carbocycles. The Morgan fingerprint density at radius 3 is 2.27 bits per heavy atom. The number of aromatic nitrogens is 1. The van der Waals surface area contributed by atoms with Gasteiger partial charge in [0.1, 0.15) is 0 Å². The summed E-state index contributed by atoms with van der Waals surface area (Å²) in [6.07, 6.45) is 0. The minimum atomic E-state index is -0.197. The average molecular weight is 310 g/mol. The van der Waals surface area contributed by atoms with Crippen LogP contribution in [0.2, 0.25) is 0 Å². The van der Waals surface area contributed by atoms with Crippen LogP contribution < -0.4 is 4.80 Å². The molecule has 112 valence electrons. The molecule has 0 spiro atoms. The van der Waals surface area contributed by atoms with Crippen LogP contribution in [-0.4, -0.2) is 10.5 Å². The number of aryl methyl sites for hydroxylation is 4. The molecule has 0 fully saturated rings. The highest BCUT2D eigenvalue weighted by Crippen LogP contribution is 2.24. The second-order valence-corrected chi connectivity index (χ2v) is 6.58. The third-order valence-electron chi connectivity index (χ3n) is 3.84. The summed E-state index contributed by atoms with van der Waals surface area (Å²) in [5, 5.41) is 0. The largest absolute Gasteiger partial charge is 0.319 e. The van der Waals surface area contributed by atoms with Crippen LogP contribution in [0.15, 0.2) is 41.4 Å². The summed E-state index contributed by atoms with van der Waals surface area (Å²) in [4.78, 5) is 17.4. The van der Waals surface area contributed by atoms with Gasteiger partial charge in [-0.1, -0.05) is 41.2 Å². The number of hydrogen-bond acceptors (Lipinski definition) is 2. The van der Waals surface area contributed by atoms with Crippen molar-refractivity contribution in [2.75, 3.05) is 0 Å². The molecule has 0 atom stereocenters. The summed E-state index contributed by atoms with van der Waals surface area (Å²) in [6, 6.07) is 11.7. The normalized spacial score (nSPS) is 12.1. The van der Waals surface area contributed by atoms with E-state index in [0.29, 0.717) is 5.56 Å². The number of benzene rings is 2. The van der Waals surface area contributed by atoms with Gasteiger partial charge in [0.05, 0.1) is 10.2 Å². The van der Waals surface area contributed by atoms with E-state index in [2.05, 4.69) is 31.0 Å². The van der Waals surface area contributed by atoms with Crippen LogP contribution in [0, 0.1) is 20.8 Å².